The van der Waals surface area contributed by atoms with Gasteiger partial charge in [0.05, 0.1) is 11.8 Å². The van der Waals surface area contributed by atoms with Crippen molar-refractivity contribution in [1.29, 1.82) is 0 Å². The van der Waals surface area contributed by atoms with Crippen molar-refractivity contribution >= 4 is 5.91 Å². The molecule has 0 spiro atoms. The fourth-order valence-electron chi connectivity index (χ4n) is 3.55. The van der Waals surface area contributed by atoms with Crippen LogP contribution in [0.25, 0.3) is 0 Å². The predicted octanol–water partition coefficient (Wildman–Crippen LogP) is 2.90. The Hall–Kier alpha value is -2.21. The molecule has 0 saturated carbocycles. The fourth-order valence-corrected chi connectivity index (χ4v) is 3.55. The monoisotopic (exact) mass is 344 g/mol. The predicted molar refractivity (Wildman–Crippen MR) is 94.7 cm³/mol. The standard InChI is InChI=1S/C19H25FN4O/c1-3-18(14-4-6-16(20)7-5-14)24-10-8-17(9-11-24)22-19(25)15-12-21-23(2)13-15/h4-7,12-13,17-18H,3,8-11H2,1-2H3,(H,22,25). The van der Waals surface area contributed by atoms with E-state index in [4.69, 9.17) is 0 Å². The van der Waals surface area contributed by atoms with Crippen LogP contribution in [0.2, 0.25) is 0 Å². The number of aryl methyl sites for hydroxylation is 1. The fraction of sp³-hybridized carbons (Fsp3) is 0.474. The van der Waals surface area contributed by atoms with Crippen LogP contribution in [0.1, 0.15) is 48.1 Å². The van der Waals surface area contributed by atoms with Crippen LogP contribution in [0.5, 0.6) is 0 Å². The molecule has 1 saturated heterocycles. The lowest BCUT2D eigenvalue weighted by atomic mass is 9.97. The third-order valence-electron chi connectivity index (χ3n) is 4.91. The largest absolute Gasteiger partial charge is 0.349 e. The molecule has 3 rings (SSSR count). The SMILES string of the molecule is CCC(c1ccc(F)cc1)N1CCC(NC(=O)c2cnn(C)c2)CC1. The zero-order chi connectivity index (χ0) is 17.8. The number of benzene rings is 1. The molecule has 1 aromatic carbocycles. The van der Waals surface area contributed by atoms with Crippen LogP contribution in [-0.4, -0.2) is 39.7 Å². The first kappa shape index (κ1) is 17.6. The third-order valence-corrected chi connectivity index (χ3v) is 4.91. The minimum Gasteiger partial charge on any atom is -0.349 e. The van der Waals surface area contributed by atoms with Crippen molar-refractivity contribution < 1.29 is 9.18 Å². The summed E-state index contributed by atoms with van der Waals surface area (Å²) in [6.07, 6.45) is 6.14. The Morgan fingerprint density at radius 1 is 1.32 bits per heavy atom. The van der Waals surface area contributed by atoms with Crippen LogP contribution in [-0.2, 0) is 7.05 Å². The van der Waals surface area contributed by atoms with E-state index >= 15 is 0 Å². The summed E-state index contributed by atoms with van der Waals surface area (Å²) in [5, 5.41) is 7.14. The zero-order valence-corrected chi connectivity index (χ0v) is 14.8. The van der Waals surface area contributed by atoms with E-state index in [-0.39, 0.29) is 17.8 Å². The highest BCUT2D eigenvalue weighted by Gasteiger charge is 2.26. The first-order chi connectivity index (χ1) is 12.1. The summed E-state index contributed by atoms with van der Waals surface area (Å²) in [6, 6.07) is 7.29. The molecule has 0 radical (unpaired) electrons. The van der Waals surface area contributed by atoms with Gasteiger partial charge in [-0.25, -0.2) is 4.39 Å². The first-order valence-electron chi connectivity index (χ1n) is 8.86. The number of nitrogens with zero attached hydrogens (tertiary/aromatic N) is 3. The Labute approximate surface area is 147 Å². The molecule has 1 aliphatic heterocycles. The van der Waals surface area contributed by atoms with E-state index < -0.39 is 0 Å². The molecule has 2 heterocycles. The number of piperidine rings is 1. The van der Waals surface area contributed by atoms with E-state index in [9.17, 15) is 9.18 Å². The van der Waals surface area contributed by atoms with Gasteiger partial charge in [0.15, 0.2) is 0 Å². The number of halogens is 1. The summed E-state index contributed by atoms with van der Waals surface area (Å²) < 4.78 is 14.8. The summed E-state index contributed by atoms with van der Waals surface area (Å²) in [5.74, 6) is -0.257. The molecule has 1 aromatic heterocycles. The molecule has 1 fully saturated rings. The Balaban J connectivity index is 1.55. The summed E-state index contributed by atoms with van der Waals surface area (Å²) in [6.45, 7) is 4.01. The lowest BCUT2D eigenvalue weighted by Gasteiger charge is -2.37. The first-order valence-corrected chi connectivity index (χ1v) is 8.86. The maximum Gasteiger partial charge on any atom is 0.254 e. The molecule has 0 aliphatic carbocycles. The number of carbonyl (C=O) groups excluding carboxylic acids is 1. The van der Waals surface area contributed by atoms with E-state index in [0.29, 0.717) is 11.6 Å². The van der Waals surface area contributed by atoms with Crippen molar-refractivity contribution in [1.82, 2.24) is 20.0 Å². The molecule has 1 N–H and O–H groups in total. The normalized spacial score (nSPS) is 17.4. The van der Waals surface area contributed by atoms with Crippen LogP contribution in [0.4, 0.5) is 4.39 Å². The zero-order valence-electron chi connectivity index (χ0n) is 14.8. The van der Waals surface area contributed by atoms with Gasteiger partial charge in [-0.05, 0) is 37.0 Å². The van der Waals surface area contributed by atoms with Gasteiger partial charge in [-0.1, -0.05) is 19.1 Å². The maximum absolute atomic E-state index is 13.2. The molecule has 5 nitrogen and oxygen atoms in total. The lowest BCUT2D eigenvalue weighted by molar-refractivity contribution is 0.0888. The Morgan fingerprint density at radius 3 is 2.56 bits per heavy atom. The van der Waals surface area contributed by atoms with Crippen LogP contribution in [0.3, 0.4) is 0 Å². The number of nitrogens with one attached hydrogen (secondary N) is 1. The smallest absolute Gasteiger partial charge is 0.254 e. The minimum absolute atomic E-state index is 0.0582. The molecule has 1 aliphatic rings. The Kier molecular flexibility index (Phi) is 5.48. The maximum atomic E-state index is 13.2. The average Bonchev–Trinajstić information content (AvgIpc) is 3.05. The summed E-state index contributed by atoms with van der Waals surface area (Å²) in [4.78, 5) is 14.7. The van der Waals surface area contributed by atoms with Crippen LogP contribution >= 0.6 is 0 Å². The van der Waals surface area contributed by atoms with Crippen molar-refractivity contribution in [2.75, 3.05) is 13.1 Å². The van der Waals surface area contributed by atoms with Crippen molar-refractivity contribution in [3.63, 3.8) is 0 Å². The number of carbonyl (C=O) groups is 1. The van der Waals surface area contributed by atoms with E-state index in [1.165, 1.54) is 12.1 Å². The molecule has 25 heavy (non-hydrogen) atoms. The van der Waals surface area contributed by atoms with Crippen molar-refractivity contribution in [2.24, 2.45) is 7.05 Å². The van der Waals surface area contributed by atoms with Gasteiger partial charge >= 0.3 is 0 Å². The molecule has 134 valence electrons. The summed E-state index contributed by atoms with van der Waals surface area (Å²) in [5.41, 5.74) is 1.75. The van der Waals surface area contributed by atoms with Gasteiger partial charge in [-0.15, -0.1) is 0 Å². The van der Waals surface area contributed by atoms with Gasteiger partial charge < -0.3 is 5.32 Å². The third kappa shape index (κ3) is 4.25. The van der Waals surface area contributed by atoms with Crippen molar-refractivity contribution in [3.05, 3.63) is 53.6 Å². The second-order valence-corrected chi connectivity index (χ2v) is 6.66. The van der Waals surface area contributed by atoms with Gasteiger partial charge in [0.1, 0.15) is 5.82 Å². The molecule has 1 amide bonds. The van der Waals surface area contributed by atoms with Gasteiger partial charge in [0.25, 0.3) is 5.91 Å². The van der Waals surface area contributed by atoms with Gasteiger partial charge in [-0.3, -0.25) is 14.4 Å². The molecular formula is C19H25FN4O. The average molecular weight is 344 g/mol. The quantitative estimate of drug-likeness (QED) is 0.907. The number of amides is 1. The number of likely N-dealkylation sites (tertiary alicyclic amines) is 1. The number of rotatable bonds is 5. The molecule has 0 bridgehead atoms. The number of hydrogen-bond acceptors (Lipinski definition) is 3. The Morgan fingerprint density at radius 2 is 2.00 bits per heavy atom. The van der Waals surface area contributed by atoms with Crippen LogP contribution < -0.4 is 5.32 Å². The lowest BCUT2D eigenvalue weighted by Crippen LogP contribution is -2.45. The van der Waals surface area contributed by atoms with E-state index in [0.717, 1.165) is 37.9 Å². The summed E-state index contributed by atoms with van der Waals surface area (Å²) >= 11 is 0. The highest BCUT2D eigenvalue weighted by atomic mass is 19.1. The number of aromatic nitrogens is 2. The minimum atomic E-state index is -0.199. The Bertz CT molecular complexity index is 704. The van der Waals surface area contributed by atoms with E-state index in [2.05, 4.69) is 22.2 Å². The van der Waals surface area contributed by atoms with E-state index in [1.54, 1.807) is 24.1 Å². The molecule has 1 unspecified atom stereocenters. The molecule has 2 aromatic rings. The second-order valence-electron chi connectivity index (χ2n) is 6.66. The van der Waals surface area contributed by atoms with Crippen molar-refractivity contribution in [3.8, 4) is 0 Å². The van der Waals surface area contributed by atoms with Gasteiger partial charge in [-0.2, -0.15) is 5.10 Å². The molecule has 1 atom stereocenters. The highest BCUT2D eigenvalue weighted by molar-refractivity contribution is 5.93. The molecular weight excluding hydrogens is 319 g/mol. The highest BCUT2D eigenvalue weighted by Crippen LogP contribution is 2.27. The van der Waals surface area contributed by atoms with Crippen LogP contribution in [0.15, 0.2) is 36.7 Å². The van der Waals surface area contributed by atoms with E-state index in [1.807, 2.05) is 12.1 Å². The molecule has 6 heteroatoms. The van der Waals surface area contributed by atoms with Gasteiger partial charge in [0.2, 0.25) is 0 Å². The number of hydrogen-bond donors (Lipinski definition) is 1. The second kappa shape index (κ2) is 7.78. The topological polar surface area (TPSA) is 50.2 Å². The van der Waals surface area contributed by atoms with Crippen molar-refractivity contribution in [2.45, 2.75) is 38.3 Å². The summed E-state index contributed by atoms with van der Waals surface area (Å²) in [7, 11) is 1.80. The van der Waals surface area contributed by atoms with Gasteiger partial charge in [0, 0.05) is 38.4 Å². The van der Waals surface area contributed by atoms with Crippen LogP contribution in [0, 0.1) is 5.82 Å².